The number of amides is 2. The van der Waals surface area contributed by atoms with Gasteiger partial charge in [0.15, 0.2) is 0 Å². The van der Waals surface area contributed by atoms with Crippen LogP contribution in [0.3, 0.4) is 0 Å². The van der Waals surface area contributed by atoms with Crippen molar-refractivity contribution in [3.63, 3.8) is 0 Å². The number of methoxy groups -OCH3 is 1. The molecule has 0 bridgehead atoms. The third-order valence-corrected chi connectivity index (χ3v) is 1.69. The fourth-order valence-electron chi connectivity index (χ4n) is 0.841. The van der Waals surface area contributed by atoms with Crippen molar-refractivity contribution in [3.8, 4) is 0 Å². The van der Waals surface area contributed by atoms with Crippen LogP contribution in [0.2, 0.25) is 0 Å². The zero-order chi connectivity index (χ0) is 11.7. The monoisotopic (exact) mass is 217 g/mol. The van der Waals surface area contributed by atoms with Crippen LogP contribution in [-0.2, 0) is 14.3 Å². The van der Waals surface area contributed by atoms with Crippen LogP contribution in [0.1, 0.15) is 13.3 Å². The Morgan fingerprint density at radius 3 is 2.53 bits per heavy atom. The van der Waals surface area contributed by atoms with Crippen molar-refractivity contribution in [2.45, 2.75) is 19.4 Å². The Morgan fingerprint density at radius 2 is 2.00 bits per heavy atom. The summed E-state index contributed by atoms with van der Waals surface area (Å²) in [5, 5.41) is 5.19. The van der Waals surface area contributed by atoms with Crippen molar-refractivity contribution < 1.29 is 14.3 Å². The first-order valence-corrected chi connectivity index (χ1v) is 4.87. The maximum absolute atomic E-state index is 11.1. The Morgan fingerprint density at radius 1 is 1.33 bits per heavy atom. The summed E-state index contributed by atoms with van der Waals surface area (Å²) < 4.78 is 4.77. The Balaban J connectivity index is 3.42. The van der Waals surface area contributed by atoms with Crippen molar-refractivity contribution in [2.75, 3.05) is 26.8 Å². The fourth-order valence-corrected chi connectivity index (χ4v) is 0.841. The van der Waals surface area contributed by atoms with E-state index in [1.54, 1.807) is 14.0 Å². The number of nitrogens with two attached hydrogens (primary N) is 1. The molecule has 0 aliphatic rings. The largest absolute Gasteiger partial charge is 0.383 e. The van der Waals surface area contributed by atoms with Crippen LogP contribution in [0, 0.1) is 0 Å². The van der Waals surface area contributed by atoms with Gasteiger partial charge < -0.3 is 21.1 Å². The first-order chi connectivity index (χ1) is 7.07. The number of ether oxygens (including phenoxy) is 1. The van der Waals surface area contributed by atoms with Gasteiger partial charge in [-0.1, -0.05) is 0 Å². The van der Waals surface area contributed by atoms with Crippen LogP contribution in [0.25, 0.3) is 0 Å². The highest BCUT2D eigenvalue weighted by Gasteiger charge is 2.07. The normalized spacial score (nSPS) is 11.9. The second kappa shape index (κ2) is 8.19. The van der Waals surface area contributed by atoms with Crippen LogP contribution in [0.5, 0.6) is 0 Å². The highest BCUT2D eigenvalue weighted by molar-refractivity contribution is 5.82. The molecule has 0 aromatic heterocycles. The summed E-state index contributed by atoms with van der Waals surface area (Å²) in [5.41, 5.74) is 5.32. The molecule has 0 aliphatic heterocycles. The van der Waals surface area contributed by atoms with Gasteiger partial charge in [-0.25, -0.2) is 0 Å². The molecule has 0 heterocycles. The van der Waals surface area contributed by atoms with E-state index in [0.717, 1.165) is 0 Å². The van der Waals surface area contributed by atoms with E-state index in [-0.39, 0.29) is 18.2 Å². The summed E-state index contributed by atoms with van der Waals surface area (Å²) in [7, 11) is 1.56. The van der Waals surface area contributed by atoms with E-state index in [4.69, 9.17) is 10.5 Å². The zero-order valence-electron chi connectivity index (χ0n) is 9.21. The van der Waals surface area contributed by atoms with E-state index in [2.05, 4.69) is 10.6 Å². The van der Waals surface area contributed by atoms with Gasteiger partial charge in [0.25, 0.3) is 0 Å². The summed E-state index contributed by atoms with van der Waals surface area (Å²) in [5.74, 6) is -0.364. The molecule has 6 nitrogen and oxygen atoms in total. The molecule has 15 heavy (non-hydrogen) atoms. The topological polar surface area (TPSA) is 93.5 Å². The van der Waals surface area contributed by atoms with Crippen LogP contribution < -0.4 is 16.4 Å². The molecule has 0 spiro atoms. The Labute approximate surface area is 89.5 Å². The van der Waals surface area contributed by atoms with Gasteiger partial charge in [0, 0.05) is 26.6 Å². The van der Waals surface area contributed by atoms with E-state index in [0.29, 0.717) is 19.7 Å². The van der Waals surface area contributed by atoms with Gasteiger partial charge in [0.05, 0.1) is 12.6 Å². The molecule has 0 radical (unpaired) electrons. The van der Waals surface area contributed by atoms with Crippen molar-refractivity contribution in [1.82, 2.24) is 10.6 Å². The smallest absolute Gasteiger partial charge is 0.236 e. The Hall–Kier alpha value is -1.14. The third-order valence-electron chi connectivity index (χ3n) is 1.69. The molecular weight excluding hydrogens is 198 g/mol. The van der Waals surface area contributed by atoms with Crippen molar-refractivity contribution in [3.05, 3.63) is 0 Å². The maximum atomic E-state index is 11.1. The highest BCUT2D eigenvalue weighted by atomic mass is 16.5. The predicted molar refractivity (Wildman–Crippen MR) is 56.2 cm³/mol. The van der Waals surface area contributed by atoms with E-state index >= 15 is 0 Å². The SMILES string of the molecule is COCCNC(=O)CCNC(=O)[C@H](C)N. The van der Waals surface area contributed by atoms with E-state index < -0.39 is 6.04 Å². The second-order valence-electron chi connectivity index (χ2n) is 3.17. The summed E-state index contributed by atoms with van der Waals surface area (Å²) in [6.07, 6.45) is 0.252. The van der Waals surface area contributed by atoms with Gasteiger partial charge >= 0.3 is 0 Å². The lowest BCUT2D eigenvalue weighted by Gasteiger charge is -2.07. The lowest BCUT2D eigenvalue weighted by Crippen LogP contribution is -2.40. The average Bonchev–Trinajstić information content (AvgIpc) is 2.18. The maximum Gasteiger partial charge on any atom is 0.236 e. The fraction of sp³-hybridized carbons (Fsp3) is 0.778. The Kier molecular flexibility index (Phi) is 7.57. The van der Waals surface area contributed by atoms with E-state index in [1.807, 2.05) is 0 Å². The minimum absolute atomic E-state index is 0.114. The number of carbonyl (C=O) groups is 2. The van der Waals surface area contributed by atoms with Crippen LogP contribution >= 0.6 is 0 Å². The van der Waals surface area contributed by atoms with Crippen LogP contribution in [-0.4, -0.2) is 44.7 Å². The van der Waals surface area contributed by atoms with Crippen molar-refractivity contribution >= 4 is 11.8 Å². The number of carbonyl (C=O) groups excluding carboxylic acids is 2. The quantitative estimate of drug-likeness (QED) is 0.457. The lowest BCUT2D eigenvalue weighted by molar-refractivity contribution is -0.123. The van der Waals surface area contributed by atoms with Gasteiger partial charge in [-0.15, -0.1) is 0 Å². The van der Waals surface area contributed by atoms with Gasteiger partial charge in [-0.05, 0) is 6.92 Å². The van der Waals surface area contributed by atoms with Crippen molar-refractivity contribution in [1.29, 1.82) is 0 Å². The first-order valence-electron chi connectivity index (χ1n) is 4.87. The lowest BCUT2D eigenvalue weighted by atomic mass is 10.3. The molecule has 0 aliphatic carbocycles. The molecule has 1 atom stereocenters. The molecule has 0 rings (SSSR count). The molecule has 6 heteroatoms. The molecule has 88 valence electrons. The van der Waals surface area contributed by atoms with Crippen LogP contribution in [0.4, 0.5) is 0 Å². The molecule has 4 N–H and O–H groups in total. The second-order valence-corrected chi connectivity index (χ2v) is 3.17. The predicted octanol–water partition coefficient (Wildman–Crippen LogP) is -1.40. The molecule has 0 unspecified atom stereocenters. The molecule has 0 fully saturated rings. The summed E-state index contributed by atoms with van der Waals surface area (Å²) >= 11 is 0. The number of hydrogen-bond donors (Lipinski definition) is 3. The van der Waals surface area contributed by atoms with Gasteiger partial charge in [0.1, 0.15) is 0 Å². The molecule has 0 saturated carbocycles. The van der Waals surface area contributed by atoms with E-state index in [1.165, 1.54) is 0 Å². The summed E-state index contributed by atoms with van der Waals surface area (Å²) in [6, 6.07) is -0.540. The average molecular weight is 217 g/mol. The van der Waals surface area contributed by atoms with Gasteiger partial charge in [-0.3, -0.25) is 9.59 Å². The van der Waals surface area contributed by atoms with Gasteiger partial charge in [0.2, 0.25) is 11.8 Å². The van der Waals surface area contributed by atoms with Crippen LogP contribution in [0.15, 0.2) is 0 Å². The number of hydrogen-bond acceptors (Lipinski definition) is 4. The molecular formula is C9H19N3O3. The minimum atomic E-state index is -0.540. The number of rotatable bonds is 7. The van der Waals surface area contributed by atoms with Crippen molar-refractivity contribution in [2.24, 2.45) is 5.73 Å². The molecule has 0 saturated heterocycles. The Bertz CT molecular complexity index is 207. The first kappa shape index (κ1) is 13.9. The number of nitrogens with one attached hydrogen (secondary N) is 2. The molecule has 2 amide bonds. The summed E-state index contributed by atoms with van der Waals surface area (Å²) in [4.78, 5) is 22.1. The summed E-state index contributed by atoms with van der Waals surface area (Å²) in [6.45, 7) is 2.86. The standard InChI is InChI=1S/C9H19N3O3/c1-7(10)9(14)12-4-3-8(13)11-5-6-15-2/h7H,3-6,10H2,1-2H3,(H,11,13)(H,12,14)/t7-/m0/s1. The highest BCUT2D eigenvalue weighted by Crippen LogP contribution is 1.80. The third kappa shape index (κ3) is 7.90. The molecule has 0 aromatic rings. The molecule has 0 aromatic carbocycles. The van der Waals surface area contributed by atoms with E-state index in [9.17, 15) is 9.59 Å². The minimum Gasteiger partial charge on any atom is -0.383 e. The van der Waals surface area contributed by atoms with Gasteiger partial charge in [-0.2, -0.15) is 0 Å². The zero-order valence-corrected chi connectivity index (χ0v) is 9.21.